The number of thiazole rings is 1. The van der Waals surface area contributed by atoms with Crippen molar-refractivity contribution in [2.45, 2.75) is 29.8 Å². The van der Waals surface area contributed by atoms with Crippen LogP contribution in [0.1, 0.15) is 16.8 Å². The van der Waals surface area contributed by atoms with Crippen molar-refractivity contribution in [3.05, 3.63) is 46.5 Å². The van der Waals surface area contributed by atoms with Crippen LogP contribution in [-0.4, -0.2) is 89.1 Å². The molecule has 19 heteroatoms. The Bertz CT molecular complexity index is 1390. The molecule has 3 aromatic rings. The first-order chi connectivity index (χ1) is 18.2. The zero-order chi connectivity index (χ0) is 30.4. The number of phenolic OH excluding ortho intramolecular Hbond substituents is 5. The van der Waals surface area contributed by atoms with E-state index in [1.807, 2.05) is 0 Å². The molecule has 0 saturated heterocycles. The standard InChI is InChI=1S/C21H24N4O14S/c22-17-24-10(6-40-17)19(34,35)16(31)23-8-3-1-7(2-4-8)20(36,37)21(38,39)25-18(32,33)5-9-11(26)13(28)15(30)14(29)12(9)27/h1-4,6,25-30,32-39H,5H2,(H2,22,24)(H,23,31). The SMILES string of the molecule is Nc1nc(C(O)(O)C(=O)Nc2ccc(C(O)(O)C(O)(O)NC(O)(O)Cc3c(O)c(O)c(O)c(O)c3O)cc2)cs1. The number of aromatic hydroxyl groups is 5. The fourth-order valence-electron chi connectivity index (χ4n) is 3.33. The molecule has 0 aliphatic rings. The van der Waals surface area contributed by atoms with Crippen molar-refractivity contribution in [3.63, 3.8) is 0 Å². The predicted octanol–water partition coefficient (Wildman–Crippen LogP) is -3.72. The number of anilines is 2. The van der Waals surface area contributed by atoms with Gasteiger partial charge >= 0.3 is 0 Å². The maximum atomic E-state index is 12.3. The minimum atomic E-state index is -4.02. The summed E-state index contributed by atoms with van der Waals surface area (Å²) in [6.07, 6.45) is -1.45. The third-order valence-corrected chi connectivity index (χ3v) is 6.17. The van der Waals surface area contributed by atoms with Gasteiger partial charge in [-0.05, 0) is 12.1 Å². The molecule has 218 valence electrons. The maximum Gasteiger partial charge on any atom is 0.291 e. The van der Waals surface area contributed by atoms with Crippen LogP contribution in [0.5, 0.6) is 28.7 Å². The van der Waals surface area contributed by atoms with E-state index in [4.69, 9.17) is 5.73 Å². The number of aliphatic hydroxyl groups is 8. The zero-order valence-corrected chi connectivity index (χ0v) is 20.6. The molecule has 0 radical (unpaired) electrons. The first kappa shape index (κ1) is 30.5. The number of nitrogens with zero attached hydrogens (tertiary/aromatic N) is 1. The van der Waals surface area contributed by atoms with Crippen LogP contribution in [0.2, 0.25) is 0 Å². The van der Waals surface area contributed by atoms with Gasteiger partial charge in [-0.2, -0.15) is 0 Å². The Morgan fingerprint density at radius 2 is 1.32 bits per heavy atom. The van der Waals surface area contributed by atoms with Crippen molar-refractivity contribution in [3.8, 4) is 28.7 Å². The first-order valence-corrected chi connectivity index (χ1v) is 11.5. The summed E-state index contributed by atoms with van der Waals surface area (Å²) in [6, 6.07) is 3.53. The van der Waals surface area contributed by atoms with Gasteiger partial charge in [0.05, 0.1) is 5.56 Å². The lowest BCUT2D eigenvalue weighted by Gasteiger charge is -2.39. The normalized spacial score (nSPS) is 12.9. The van der Waals surface area contributed by atoms with Crippen molar-refractivity contribution in [2.75, 3.05) is 11.1 Å². The minimum Gasteiger partial charge on any atom is -0.504 e. The van der Waals surface area contributed by atoms with E-state index in [-0.39, 0.29) is 10.8 Å². The Balaban J connectivity index is 1.79. The number of carbonyl (C=O) groups is 1. The smallest absolute Gasteiger partial charge is 0.291 e. The number of phenols is 5. The fourth-order valence-corrected chi connectivity index (χ4v) is 3.93. The summed E-state index contributed by atoms with van der Waals surface area (Å²) >= 11 is 0.834. The monoisotopic (exact) mass is 588 g/mol. The Kier molecular flexibility index (Phi) is 7.77. The summed E-state index contributed by atoms with van der Waals surface area (Å²) in [6.45, 7) is 0. The molecule has 0 saturated carbocycles. The molecular weight excluding hydrogens is 564 g/mol. The predicted molar refractivity (Wildman–Crippen MR) is 130 cm³/mol. The van der Waals surface area contributed by atoms with Crippen molar-refractivity contribution in [2.24, 2.45) is 0 Å². The van der Waals surface area contributed by atoms with Crippen LogP contribution < -0.4 is 16.4 Å². The zero-order valence-electron chi connectivity index (χ0n) is 19.7. The number of hydrogen-bond donors (Lipinski definition) is 16. The third-order valence-electron chi connectivity index (χ3n) is 5.49. The Morgan fingerprint density at radius 1 is 0.825 bits per heavy atom. The van der Waals surface area contributed by atoms with Crippen molar-refractivity contribution in [1.29, 1.82) is 0 Å². The summed E-state index contributed by atoms with van der Waals surface area (Å²) in [5.74, 6) is -22.7. The molecule has 0 bridgehead atoms. The quantitative estimate of drug-likeness (QED) is 0.0648. The number of nitrogens with one attached hydrogen (secondary N) is 2. The van der Waals surface area contributed by atoms with Crippen LogP contribution in [0.15, 0.2) is 29.6 Å². The number of benzene rings is 2. The van der Waals surface area contributed by atoms with Crippen LogP contribution in [0.4, 0.5) is 10.8 Å². The Labute approximate surface area is 226 Å². The van der Waals surface area contributed by atoms with Crippen LogP contribution in [0, 0.1) is 0 Å². The molecule has 17 N–H and O–H groups in total. The number of nitrogen functional groups attached to an aromatic ring is 1. The van der Waals surface area contributed by atoms with Gasteiger partial charge in [0.2, 0.25) is 23.2 Å². The highest BCUT2D eigenvalue weighted by atomic mass is 32.1. The van der Waals surface area contributed by atoms with Gasteiger partial charge in [-0.1, -0.05) is 12.1 Å². The Hall–Kier alpha value is -4.02. The van der Waals surface area contributed by atoms with Crippen LogP contribution in [0.3, 0.4) is 0 Å². The van der Waals surface area contributed by atoms with Gasteiger partial charge < -0.3 is 77.4 Å². The number of amides is 1. The Morgan fingerprint density at radius 3 is 1.80 bits per heavy atom. The highest BCUT2D eigenvalue weighted by Gasteiger charge is 2.53. The molecule has 1 amide bonds. The van der Waals surface area contributed by atoms with E-state index in [1.54, 1.807) is 0 Å². The molecule has 1 heterocycles. The molecule has 2 aromatic carbocycles. The molecule has 0 aliphatic carbocycles. The second-order valence-electron chi connectivity index (χ2n) is 8.46. The van der Waals surface area contributed by atoms with Crippen LogP contribution in [-0.2, 0) is 22.8 Å². The van der Waals surface area contributed by atoms with Crippen molar-refractivity contribution in [1.82, 2.24) is 10.3 Å². The molecule has 40 heavy (non-hydrogen) atoms. The van der Waals surface area contributed by atoms with Gasteiger partial charge in [0.25, 0.3) is 23.4 Å². The lowest BCUT2D eigenvalue weighted by molar-refractivity contribution is -0.407. The van der Waals surface area contributed by atoms with Gasteiger partial charge in [0.1, 0.15) is 5.69 Å². The summed E-state index contributed by atoms with van der Waals surface area (Å²) in [4.78, 5) is 15.9. The number of rotatable bonds is 9. The molecule has 1 aromatic heterocycles. The van der Waals surface area contributed by atoms with Crippen LogP contribution in [0.25, 0.3) is 0 Å². The molecule has 0 aliphatic heterocycles. The third kappa shape index (κ3) is 5.64. The minimum absolute atomic E-state index is 0.0466. The summed E-state index contributed by atoms with van der Waals surface area (Å²) in [5.41, 5.74) is 3.01. The van der Waals surface area contributed by atoms with E-state index in [9.17, 15) is 71.2 Å². The van der Waals surface area contributed by atoms with E-state index >= 15 is 0 Å². The van der Waals surface area contributed by atoms with E-state index in [1.165, 1.54) is 5.32 Å². The van der Waals surface area contributed by atoms with Crippen molar-refractivity contribution < 1.29 is 71.2 Å². The molecule has 0 atom stereocenters. The summed E-state index contributed by atoms with van der Waals surface area (Å²) in [5, 5.41) is 135. The van der Waals surface area contributed by atoms with E-state index < -0.39 is 81.3 Å². The number of carbonyl (C=O) groups excluding carboxylic acids is 1. The van der Waals surface area contributed by atoms with Gasteiger partial charge in [-0.3, -0.25) is 4.79 Å². The molecular formula is C21H24N4O14S. The maximum absolute atomic E-state index is 12.3. The molecule has 0 unspecified atom stereocenters. The van der Waals surface area contributed by atoms with E-state index in [0.717, 1.165) is 41.0 Å². The average molecular weight is 589 g/mol. The van der Waals surface area contributed by atoms with Gasteiger partial charge in [-0.25, -0.2) is 10.3 Å². The highest BCUT2D eigenvalue weighted by Crippen LogP contribution is 2.51. The second-order valence-corrected chi connectivity index (χ2v) is 9.35. The fraction of sp³-hybridized carbons (Fsp3) is 0.238. The van der Waals surface area contributed by atoms with Gasteiger partial charge in [0, 0.05) is 23.1 Å². The molecule has 18 nitrogen and oxygen atoms in total. The lowest BCUT2D eigenvalue weighted by Crippen LogP contribution is -2.68. The van der Waals surface area contributed by atoms with E-state index in [2.05, 4.69) is 10.3 Å². The van der Waals surface area contributed by atoms with E-state index in [0.29, 0.717) is 0 Å². The van der Waals surface area contributed by atoms with Gasteiger partial charge in [0.15, 0.2) is 16.6 Å². The molecule has 3 rings (SSSR count). The number of aromatic nitrogens is 1. The largest absolute Gasteiger partial charge is 0.504 e. The molecule has 0 spiro atoms. The summed E-state index contributed by atoms with van der Waals surface area (Å²) < 4.78 is 0. The molecule has 0 fully saturated rings. The van der Waals surface area contributed by atoms with Crippen molar-refractivity contribution >= 4 is 28.1 Å². The second kappa shape index (κ2) is 10.2. The average Bonchev–Trinajstić information content (AvgIpc) is 3.31. The van der Waals surface area contributed by atoms with Gasteiger partial charge in [-0.15, -0.1) is 11.3 Å². The topological polar surface area (TPSA) is 343 Å². The lowest BCUT2D eigenvalue weighted by atomic mass is 10.00. The number of hydrogen-bond acceptors (Lipinski definition) is 18. The highest BCUT2D eigenvalue weighted by molar-refractivity contribution is 7.13. The summed E-state index contributed by atoms with van der Waals surface area (Å²) in [7, 11) is 0. The first-order valence-electron chi connectivity index (χ1n) is 10.6. The van der Waals surface area contributed by atoms with Crippen LogP contribution >= 0.6 is 11.3 Å². The number of nitrogens with two attached hydrogens (primary N) is 1.